The zero-order valence-corrected chi connectivity index (χ0v) is 18.5. The second-order valence-corrected chi connectivity index (χ2v) is 7.25. The smallest absolute Gasteiger partial charge is 0.258 e. The Labute approximate surface area is 185 Å². The van der Waals surface area contributed by atoms with Crippen LogP contribution in [0.5, 0.6) is 23.0 Å². The molecule has 1 atom stereocenters. The van der Waals surface area contributed by atoms with Crippen molar-refractivity contribution in [1.29, 1.82) is 0 Å². The van der Waals surface area contributed by atoms with Gasteiger partial charge < -0.3 is 28.4 Å². The van der Waals surface area contributed by atoms with E-state index in [1.807, 2.05) is 6.07 Å². The molecule has 1 aromatic heterocycles. The van der Waals surface area contributed by atoms with Crippen LogP contribution < -0.4 is 18.9 Å². The van der Waals surface area contributed by atoms with Gasteiger partial charge in [0.25, 0.3) is 5.91 Å². The molecule has 0 saturated carbocycles. The van der Waals surface area contributed by atoms with Gasteiger partial charge in [-0.2, -0.15) is 4.98 Å². The Balaban J connectivity index is 1.60. The highest BCUT2D eigenvalue weighted by Crippen LogP contribution is 2.36. The molecule has 1 amide bonds. The van der Waals surface area contributed by atoms with Crippen LogP contribution in [0.1, 0.15) is 35.1 Å². The first-order valence-corrected chi connectivity index (χ1v) is 10.2. The average molecular weight is 439 g/mol. The summed E-state index contributed by atoms with van der Waals surface area (Å²) in [4.78, 5) is 19.6. The van der Waals surface area contributed by atoms with Crippen molar-refractivity contribution in [3.05, 3.63) is 47.9 Å². The normalized spacial score (nSPS) is 15.5. The predicted octanol–water partition coefficient (Wildman–Crippen LogP) is 3.75. The number of hydrogen-bond acceptors (Lipinski definition) is 8. The topological polar surface area (TPSA) is 96.2 Å². The second kappa shape index (κ2) is 9.17. The van der Waals surface area contributed by atoms with Gasteiger partial charge in [0.1, 0.15) is 17.5 Å². The van der Waals surface area contributed by atoms with Crippen molar-refractivity contribution in [3.8, 4) is 34.4 Å². The summed E-state index contributed by atoms with van der Waals surface area (Å²) in [6.07, 6.45) is 1.57. The van der Waals surface area contributed by atoms with Crippen LogP contribution in [0.4, 0.5) is 0 Å². The third kappa shape index (κ3) is 3.93. The van der Waals surface area contributed by atoms with Gasteiger partial charge in [-0.1, -0.05) is 5.16 Å². The van der Waals surface area contributed by atoms with E-state index in [1.165, 1.54) is 7.11 Å². The summed E-state index contributed by atoms with van der Waals surface area (Å²) in [6.45, 7) is 0.590. The minimum absolute atomic E-state index is 0.155. The van der Waals surface area contributed by atoms with Crippen molar-refractivity contribution in [2.75, 3.05) is 35.0 Å². The molecule has 3 aromatic rings. The van der Waals surface area contributed by atoms with Gasteiger partial charge >= 0.3 is 0 Å². The molecule has 0 spiro atoms. The Morgan fingerprint density at radius 2 is 1.75 bits per heavy atom. The zero-order chi connectivity index (χ0) is 22.7. The maximum absolute atomic E-state index is 13.3. The van der Waals surface area contributed by atoms with Gasteiger partial charge in [0.2, 0.25) is 11.7 Å². The van der Waals surface area contributed by atoms with Crippen LogP contribution in [0.2, 0.25) is 0 Å². The van der Waals surface area contributed by atoms with Crippen LogP contribution in [0.3, 0.4) is 0 Å². The first-order valence-electron chi connectivity index (χ1n) is 10.2. The van der Waals surface area contributed by atoms with Crippen LogP contribution in [0, 0.1) is 0 Å². The van der Waals surface area contributed by atoms with Crippen molar-refractivity contribution < 1.29 is 28.3 Å². The lowest BCUT2D eigenvalue weighted by Crippen LogP contribution is -2.31. The van der Waals surface area contributed by atoms with Gasteiger partial charge in [0.15, 0.2) is 11.5 Å². The fraction of sp³-hybridized carbons (Fsp3) is 0.348. The van der Waals surface area contributed by atoms with Crippen molar-refractivity contribution in [1.82, 2.24) is 15.0 Å². The number of carbonyl (C=O) groups excluding carboxylic acids is 1. The molecule has 1 saturated heterocycles. The van der Waals surface area contributed by atoms with Crippen molar-refractivity contribution >= 4 is 5.91 Å². The molecule has 0 unspecified atom stereocenters. The number of likely N-dealkylation sites (tertiary alicyclic amines) is 1. The fourth-order valence-corrected chi connectivity index (χ4v) is 3.86. The van der Waals surface area contributed by atoms with Crippen LogP contribution >= 0.6 is 0 Å². The predicted molar refractivity (Wildman–Crippen MR) is 115 cm³/mol. The third-order valence-corrected chi connectivity index (χ3v) is 5.52. The molecule has 1 aliphatic heterocycles. The Kier molecular flexibility index (Phi) is 6.16. The number of amides is 1. The van der Waals surface area contributed by atoms with Crippen LogP contribution in [-0.4, -0.2) is 55.9 Å². The summed E-state index contributed by atoms with van der Waals surface area (Å²) in [5.41, 5.74) is 1.19. The Hall–Kier alpha value is -3.75. The summed E-state index contributed by atoms with van der Waals surface area (Å²) in [5, 5.41) is 4.12. The first-order chi connectivity index (χ1) is 15.6. The van der Waals surface area contributed by atoms with E-state index < -0.39 is 0 Å². The SMILES string of the molecule is COc1ccc(C(=O)N2CCC[C@H]2c2nc(-c3ccc(OC)c(OC)c3)no2)c(OC)c1. The summed E-state index contributed by atoms with van der Waals surface area (Å²) in [5.74, 6) is 2.92. The summed E-state index contributed by atoms with van der Waals surface area (Å²) in [7, 11) is 6.24. The monoisotopic (exact) mass is 439 g/mol. The van der Waals surface area contributed by atoms with E-state index >= 15 is 0 Å². The van der Waals surface area contributed by atoms with Gasteiger partial charge in [-0.15, -0.1) is 0 Å². The van der Waals surface area contributed by atoms with E-state index in [4.69, 9.17) is 23.5 Å². The van der Waals surface area contributed by atoms with Gasteiger partial charge in [0.05, 0.1) is 34.0 Å². The number of rotatable bonds is 7. The lowest BCUT2D eigenvalue weighted by Gasteiger charge is -2.23. The average Bonchev–Trinajstić information content (AvgIpc) is 3.52. The molecular weight excluding hydrogens is 414 g/mol. The molecule has 0 N–H and O–H groups in total. The molecule has 1 aliphatic rings. The number of hydrogen-bond donors (Lipinski definition) is 0. The van der Waals surface area contributed by atoms with Crippen molar-refractivity contribution in [2.45, 2.75) is 18.9 Å². The number of benzene rings is 2. The minimum atomic E-state index is -0.310. The van der Waals surface area contributed by atoms with Gasteiger partial charge in [-0.3, -0.25) is 4.79 Å². The van der Waals surface area contributed by atoms with Crippen LogP contribution in [0.15, 0.2) is 40.9 Å². The van der Waals surface area contributed by atoms with Crippen molar-refractivity contribution in [3.63, 3.8) is 0 Å². The quantitative estimate of drug-likeness (QED) is 0.549. The number of nitrogens with zero attached hydrogens (tertiary/aromatic N) is 3. The number of ether oxygens (including phenoxy) is 4. The standard InChI is InChI=1S/C23H25N3O6/c1-28-15-8-9-16(19(13-15)30-3)23(27)26-11-5-6-17(26)22-24-21(25-32-22)14-7-10-18(29-2)20(12-14)31-4/h7-10,12-13,17H,5-6,11H2,1-4H3/t17-/m0/s1. The highest BCUT2D eigenvalue weighted by molar-refractivity contribution is 5.97. The molecule has 0 aliphatic carbocycles. The van der Waals surface area contributed by atoms with Crippen molar-refractivity contribution in [2.24, 2.45) is 0 Å². The minimum Gasteiger partial charge on any atom is -0.497 e. The first kappa shape index (κ1) is 21.5. The lowest BCUT2D eigenvalue weighted by molar-refractivity contribution is 0.0706. The Morgan fingerprint density at radius 3 is 2.47 bits per heavy atom. The second-order valence-electron chi connectivity index (χ2n) is 7.25. The van der Waals surface area contributed by atoms with Crippen LogP contribution in [0.25, 0.3) is 11.4 Å². The van der Waals surface area contributed by atoms with E-state index in [1.54, 1.807) is 56.6 Å². The van der Waals surface area contributed by atoms with Gasteiger partial charge in [0, 0.05) is 18.2 Å². The number of carbonyl (C=O) groups is 1. The van der Waals surface area contributed by atoms with E-state index in [2.05, 4.69) is 10.1 Å². The molecule has 9 nitrogen and oxygen atoms in total. The highest BCUT2D eigenvalue weighted by Gasteiger charge is 2.35. The molecule has 4 rings (SSSR count). The maximum atomic E-state index is 13.3. The Morgan fingerprint density at radius 1 is 0.969 bits per heavy atom. The van der Waals surface area contributed by atoms with Crippen LogP contribution in [-0.2, 0) is 0 Å². The molecule has 2 heterocycles. The fourth-order valence-electron chi connectivity index (χ4n) is 3.86. The molecule has 0 radical (unpaired) electrons. The number of methoxy groups -OCH3 is 4. The van der Waals surface area contributed by atoms with Gasteiger partial charge in [-0.25, -0.2) is 0 Å². The van der Waals surface area contributed by atoms with E-state index in [9.17, 15) is 4.79 Å². The molecule has 32 heavy (non-hydrogen) atoms. The largest absolute Gasteiger partial charge is 0.497 e. The zero-order valence-electron chi connectivity index (χ0n) is 18.5. The number of aromatic nitrogens is 2. The maximum Gasteiger partial charge on any atom is 0.258 e. The van der Waals surface area contributed by atoms with E-state index in [0.29, 0.717) is 46.8 Å². The lowest BCUT2D eigenvalue weighted by atomic mass is 10.1. The molecule has 1 fully saturated rings. The third-order valence-electron chi connectivity index (χ3n) is 5.52. The molecule has 0 bridgehead atoms. The Bertz CT molecular complexity index is 1110. The molecule has 9 heteroatoms. The molecule has 2 aromatic carbocycles. The highest BCUT2D eigenvalue weighted by atomic mass is 16.5. The molecule has 168 valence electrons. The summed E-state index contributed by atoms with van der Waals surface area (Å²) < 4.78 is 26.8. The summed E-state index contributed by atoms with van der Waals surface area (Å²) in [6, 6.07) is 10.2. The van der Waals surface area contributed by atoms with Gasteiger partial charge in [-0.05, 0) is 43.2 Å². The summed E-state index contributed by atoms with van der Waals surface area (Å²) >= 11 is 0. The molecular formula is C23H25N3O6. The van der Waals surface area contributed by atoms with E-state index in [0.717, 1.165) is 18.4 Å². The van der Waals surface area contributed by atoms with E-state index in [-0.39, 0.29) is 11.9 Å².